The molecule has 5 heteroatoms. The van der Waals surface area contributed by atoms with E-state index in [0.717, 1.165) is 19.3 Å². The fourth-order valence-corrected chi connectivity index (χ4v) is 4.63. The Morgan fingerprint density at radius 2 is 2.09 bits per heavy atom. The van der Waals surface area contributed by atoms with Gasteiger partial charge in [0, 0.05) is 28.1 Å². The second kappa shape index (κ2) is 6.83. The van der Waals surface area contributed by atoms with Crippen molar-refractivity contribution in [1.82, 2.24) is 4.90 Å². The molecule has 0 amide bonds. The molecular formula is C17H21FINO2. The second-order valence-electron chi connectivity index (χ2n) is 6.17. The van der Waals surface area contributed by atoms with E-state index in [2.05, 4.69) is 51.8 Å². The summed E-state index contributed by atoms with van der Waals surface area (Å²) in [4.78, 5) is 14.6. The summed E-state index contributed by atoms with van der Waals surface area (Å²) >= 11 is 2.29. The van der Waals surface area contributed by atoms with Crippen LogP contribution in [0.1, 0.15) is 30.7 Å². The molecule has 3 rings (SSSR count). The normalized spacial score (nSPS) is 31.2. The van der Waals surface area contributed by atoms with Crippen LogP contribution in [0, 0.1) is 9.49 Å². The fourth-order valence-electron chi connectivity index (χ4n) is 4.27. The van der Waals surface area contributed by atoms with Crippen molar-refractivity contribution in [2.75, 3.05) is 20.3 Å². The Kier molecular flexibility index (Phi) is 5.02. The van der Waals surface area contributed by atoms with Crippen LogP contribution in [-0.2, 0) is 9.53 Å². The fraction of sp³-hybridized carbons (Fsp3) is 0.588. The third-order valence-corrected chi connectivity index (χ3v) is 5.90. The van der Waals surface area contributed by atoms with E-state index in [-0.39, 0.29) is 30.5 Å². The lowest BCUT2D eigenvalue weighted by atomic mass is 9.76. The highest BCUT2D eigenvalue weighted by atomic mass is 125. The van der Waals surface area contributed by atoms with Crippen molar-refractivity contribution in [3.8, 4) is 0 Å². The number of carbonyl (C=O) groups excluding carboxylic acids is 1. The van der Waals surface area contributed by atoms with Gasteiger partial charge in [0.25, 0.3) is 0 Å². The van der Waals surface area contributed by atoms with Gasteiger partial charge in [0.1, 0.15) is 6.67 Å². The van der Waals surface area contributed by atoms with Crippen molar-refractivity contribution >= 4 is 28.6 Å². The number of hydrogen-bond acceptors (Lipinski definition) is 3. The highest BCUT2D eigenvalue weighted by molar-refractivity contribution is 14.1. The monoisotopic (exact) mass is 415 g/mol. The molecule has 0 saturated carbocycles. The summed E-state index contributed by atoms with van der Waals surface area (Å²) in [6, 6.07) is 8.91. The molecule has 2 bridgehead atoms. The Labute approximate surface area is 144 Å². The summed E-state index contributed by atoms with van der Waals surface area (Å²) < 4.78 is 19.1. The molecule has 2 heterocycles. The minimum Gasteiger partial charge on any atom is -0.469 e. The number of carbonyl (C=O) groups is 1. The Balaban J connectivity index is 1.92. The number of nitrogens with zero attached hydrogens (tertiary/aromatic N) is 1. The predicted octanol–water partition coefficient (Wildman–Crippen LogP) is 3.37. The maximum atomic E-state index is 12.9. The highest BCUT2D eigenvalue weighted by Gasteiger charge is 2.50. The molecule has 0 radical (unpaired) electrons. The molecule has 0 spiro atoms. The van der Waals surface area contributed by atoms with Crippen LogP contribution >= 0.6 is 22.6 Å². The first-order valence-corrected chi connectivity index (χ1v) is 8.88. The number of piperidine rings is 1. The topological polar surface area (TPSA) is 29.5 Å². The van der Waals surface area contributed by atoms with E-state index < -0.39 is 0 Å². The Morgan fingerprint density at radius 3 is 2.73 bits per heavy atom. The molecule has 3 nitrogen and oxygen atoms in total. The van der Waals surface area contributed by atoms with Gasteiger partial charge in [0.05, 0.1) is 13.0 Å². The molecule has 22 heavy (non-hydrogen) atoms. The minimum atomic E-state index is -0.352. The van der Waals surface area contributed by atoms with Crippen molar-refractivity contribution in [2.24, 2.45) is 5.92 Å². The number of fused-ring (bicyclic) bond motifs is 2. The van der Waals surface area contributed by atoms with Gasteiger partial charge in [0.2, 0.25) is 0 Å². The standard InChI is InChI=1S/C17H21FINO2/c1-22-17(21)16-14(11-2-4-12(19)5-3-11)10-13-6-7-15(16)20(13)9-8-18/h2-5,13-16H,6-10H2,1H3/t13-,14+,15+,16-/m0/s1/i19-2. The predicted molar refractivity (Wildman–Crippen MR) is 91.5 cm³/mol. The van der Waals surface area contributed by atoms with Gasteiger partial charge in [-0.25, -0.2) is 4.39 Å². The number of esters is 1. The number of ether oxygens (including phenoxy) is 1. The molecule has 2 aliphatic rings. The molecule has 2 aliphatic heterocycles. The number of methoxy groups -OCH3 is 1. The number of alkyl halides is 1. The van der Waals surface area contributed by atoms with Crippen LogP contribution in [-0.4, -0.2) is 43.3 Å². The maximum absolute atomic E-state index is 12.9. The molecule has 0 aromatic heterocycles. The minimum absolute atomic E-state index is 0.117. The van der Waals surface area contributed by atoms with Crippen molar-refractivity contribution < 1.29 is 13.9 Å². The lowest BCUT2D eigenvalue weighted by Gasteiger charge is -2.43. The van der Waals surface area contributed by atoms with Gasteiger partial charge in [-0.1, -0.05) is 12.1 Å². The molecular weight excluding hydrogens is 394 g/mol. The molecule has 0 aliphatic carbocycles. The zero-order valence-electron chi connectivity index (χ0n) is 12.7. The van der Waals surface area contributed by atoms with Gasteiger partial charge < -0.3 is 4.74 Å². The molecule has 2 saturated heterocycles. The van der Waals surface area contributed by atoms with Crippen LogP contribution in [0.4, 0.5) is 4.39 Å². The van der Waals surface area contributed by atoms with Gasteiger partial charge in [-0.05, 0) is 59.5 Å². The third kappa shape index (κ3) is 2.89. The van der Waals surface area contributed by atoms with Crippen molar-refractivity contribution in [3.63, 3.8) is 0 Å². The van der Waals surface area contributed by atoms with E-state index in [4.69, 9.17) is 4.74 Å². The average molecular weight is 415 g/mol. The van der Waals surface area contributed by atoms with E-state index in [9.17, 15) is 9.18 Å². The van der Waals surface area contributed by atoms with Crippen LogP contribution < -0.4 is 0 Å². The first-order valence-electron chi connectivity index (χ1n) is 7.80. The van der Waals surface area contributed by atoms with Gasteiger partial charge in [-0.2, -0.15) is 0 Å². The summed E-state index contributed by atoms with van der Waals surface area (Å²) in [7, 11) is 1.45. The zero-order chi connectivity index (χ0) is 15.7. The van der Waals surface area contributed by atoms with Gasteiger partial charge in [0.15, 0.2) is 0 Å². The lowest BCUT2D eigenvalue weighted by molar-refractivity contribution is -0.150. The quantitative estimate of drug-likeness (QED) is 0.558. The van der Waals surface area contributed by atoms with Crippen LogP contribution in [0.2, 0.25) is 0 Å². The second-order valence-corrected chi connectivity index (χ2v) is 7.41. The van der Waals surface area contributed by atoms with E-state index in [1.165, 1.54) is 16.2 Å². The summed E-state index contributed by atoms with van der Waals surface area (Å²) in [5.41, 5.74) is 1.20. The molecule has 1 aromatic carbocycles. The maximum Gasteiger partial charge on any atom is 0.310 e. The Bertz CT molecular complexity index is 536. The van der Waals surface area contributed by atoms with Gasteiger partial charge >= 0.3 is 5.97 Å². The molecule has 0 unspecified atom stereocenters. The zero-order valence-corrected chi connectivity index (χ0v) is 14.8. The smallest absolute Gasteiger partial charge is 0.310 e. The summed E-state index contributed by atoms with van der Waals surface area (Å²) in [5, 5.41) is 0. The SMILES string of the molecule is COC(=O)[C@H]1[C@@H](c2ccc([125I])cc2)C[C@@H]2CC[C@H]1N2CCF. The molecule has 1 aromatic rings. The van der Waals surface area contributed by atoms with Gasteiger partial charge in [-0.15, -0.1) is 0 Å². The average Bonchev–Trinajstić information content (AvgIpc) is 2.80. The lowest BCUT2D eigenvalue weighted by Crippen LogP contribution is -2.51. The molecule has 0 N–H and O–H groups in total. The van der Waals surface area contributed by atoms with Crippen LogP contribution in [0.25, 0.3) is 0 Å². The van der Waals surface area contributed by atoms with E-state index in [0.29, 0.717) is 12.6 Å². The van der Waals surface area contributed by atoms with E-state index in [1.54, 1.807) is 0 Å². The molecule has 120 valence electrons. The van der Waals surface area contributed by atoms with Crippen molar-refractivity contribution in [1.29, 1.82) is 0 Å². The van der Waals surface area contributed by atoms with Crippen LogP contribution in [0.3, 0.4) is 0 Å². The first-order chi connectivity index (χ1) is 10.7. The highest BCUT2D eigenvalue weighted by Crippen LogP contribution is 2.47. The van der Waals surface area contributed by atoms with Crippen molar-refractivity contribution in [2.45, 2.75) is 37.3 Å². The third-order valence-electron chi connectivity index (χ3n) is 5.18. The number of benzene rings is 1. The number of halogens is 2. The van der Waals surface area contributed by atoms with Crippen molar-refractivity contribution in [3.05, 3.63) is 33.4 Å². The summed E-state index contributed by atoms with van der Waals surface area (Å²) in [6.07, 6.45) is 2.93. The number of rotatable bonds is 4. The Morgan fingerprint density at radius 1 is 1.36 bits per heavy atom. The summed E-state index contributed by atoms with van der Waals surface area (Å²) in [5.74, 6) is -0.161. The van der Waals surface area contributed by atoms with Crippen LogP contribution in [0.5, 0.6) is 0 Å². The first kappa shape index (κ1) is 16.2. The van der Waals surface area contributed by atoms with E-state index in [1.807, 2.05) is 0 Å². The largest absolute Gasteiger partial charge is 0.469 e. The Hall–Kier alpha value is -0.690. The molecule has 2 fully saturated rings. The number of hydrogen-bond donors (Lipinski definition) is 0. The summed E-state index contributed by atoms with van der Waals surface area (Å²) in [6.45, 7) is 0.0807. The van der Waals surface area contributed by atoms with Gasteiger partial charge in [-0.3, -0.25) is 9.69 Å². The van der Waals surface area contributed by atoms with E-state index >= 15 is 0 Å². The van der Waals surface area contributed by atoms with Crippen LogP contribution in [0.15, 0.2) is 24.3 Å². The molecule has 4 atom stereocenters.